The van der Waals surface area contributed by atoms with Gasteiger partial charge in [-0.25, -0.2) is 4.98 Å². The van der Waals surface area contributed by atoms with Gasteiger partial charge in [0.1, 0.15) is 5.65 Å². The number of carbonyl (C=O) groups is 1. The van der Waals surface area contributed by atoms with E-state index >= 15 is 0 Å². The highest BCUT2D eigenvalue weighted by Crippen LogP contribution is 2.19. The molecule has 1 aliphatic heterocycles. The molecule has 1 aliphatic rings. The Morgan fingerprint density at radius 2 is 2.24 bits per heavy atom. The average Bonchev–Trinajstić information content (AvgIpc) is 2.96. The first-order valence-corrected chi connectivity index (χ1v) is 8.49. The molecular formula is C15H19N3O2S. The highest BCUT2D eigenvalue weighted by atomic mass is 32.2. The van der Waals surface area contributed by atoms with E-state index < -0.39 is 10.8 Å². The van der Waals surface area contributed by atoms with Crippen LogP contribution in [0.15, 0.2) is 30.7 Å². The molecule has 112 valence electrons. The summed E-state index contributed by atoms with van der Waals surface area (Å²) in [7, 11) is -0.841. The molecule has 6 heteroatoms. The lowest BCUT2D eigenvalue weighted by atomic mass is 10.2. The van der Waals surface area contributed by atoms with Crippen molar-refractivity contribution in [2.24, 2.45) is 0 Å². The van der Waals surface area contributed by atoms with Gasteiger partial charge in [-0.1, -0.05) is 6.92 Å². The predicted molar refractivity (Wildman–Crippen MR) is 82.8 cm³/mol. The Kier molecular flexibility index (Phi) is 3.80. The molecular weight excluding hydrogens is 286 g/mol. The van der Waals surface area contributed by atoms with E-state index in [0.29, 0.717) is 18.7 Å². The first-order valence-electron chi connectivity index (χ1n) is 7.21. The van der Waals surface area contributed by atoms with Crippen molar-refractivity contribution in [2.75, 3.05) is 13.1 Å². The largest absolute Gasteiger partial charge is 0.336 e. The number of amides is 1. The summed E-state index contributed by atoms with van der Waals surface area (Å²) in [4.78, 5) is 18.7. The Labute approximate surface area is 126 Å². The third kappa shape index (κ3) is 2.60. The topological polar surface area (TPSA) is 54.7 Å². The van der Waals surface area contributed by atoms with E-state index in [2.05, 4.69) is 4.98 Å². The Morgan fingerprint density at radius 3 is 3.00 bits per heavy atom. The van der Waals surface area contributed by atoms with Crippen LogP contribution in [0.3, 0.4) is 0 Å². The fraction of sp³-hybridized carbons (Fsp3) is 0.467. The second-order valence-electron chi connectivity index (χ2n) is 5.49. The van der Waals surface area contributed by atoms with Crippen LogP contribution in [0.4, 0.5) is 0 Å². The van der Waals surface area contributed by atoms with Crippen molar-refractivity contribution in [3.05, 3.63) is 36.3 Å². The number of hydrogen-bond donors (Lipinski definition) is 0. The molecule has 3 rings (SSSR count). The molecule has 0 N–H and O–H groups in total. The van der Waals surface area contributed by atoms with Crippen LogP contribution in [-0.4, -0.2) is 48.0 Å². The Hall–Kier alpha value is -1.69. The van der Waals surface area contributed by atoms with Crippen molar-refractivity contribution >= 4 is 22.4 Å². The fourth-order valence-corrected chi connectivity index (χ4v) is 4.43. The lowest BCUT2D eigenvalue weighted by Crippen LogP contribution is -2.50. The molecule has 0 radical (unpaired) electrons. The van der Waals surface area contributed by atoms with Crippen LogP contribution in [0.5, 0.6) is 0 Å². The van der Waals surface area contributed by atoms with Crippen molar-refractivity contribution in [1.29, 1.82) is 0 Å². The van der Waals surface area contributed by atoms with Gasteiger partial charge in [0.15, 0.2) is 0 Å². The van der Waals surface area contributed by atoms with Crippen LogP contribution in [-0.2, 0) is 10.8 Å². The lowest BCUT2D eigenvalue weighted by molar-refractivity contribution is 0.0748. The summed E-state index contributed by atoms with van der Waals surface area (Å²) in [5.74, 6) is 0.00704. The number of aromatic nitrogens is 2. The second kappa shape index (κ2) is 5.60. The molecule has 2 aromatic rings. The van der Waals surface area contributed by atoms with Gasteiger partial charge in [-0.15, -0.1) is 0 Å². The fourth-order valence-electron chi connectivity index (χ4n) is 2.79. The number of imidazole rings is 1. The Balaban J connectivity index is 1.85. The van der Waals surface area contributed by atoms with E-state index in [1.54, 1.807) is 6.20 Å². The maximum atomic E-state index is 12.7. The minimum Gasteiger partial charge on any atom is -0.336 e. The molecule has 0 saturated carbocycles. The second-order valence-corrected chi connectivity index (χ2v) is 7.62. The normalized spacial score (nSPS) is 26.2. The van der Waals surface area contributed by atoms with Crippen LogP contribution in [0.2, 0.25) is 0 Å². The molecule has 1 fully saturated rings. The zero-order chi connectivity index (χ0) is 15.0. The Bertz CT molecular complexity index is 697. The number of pyridine rings is 1. The maximum absolute atomic E-state index is 12.7. The van der Waals surface area contributed by atoms with Crippen molar-refractivity contribution in [3.63, 3.8) is 0 Å². The molecule has 5 nitrogen and oxygen atoms in total. The van der Waals surface area contributed by atoms with Crippen LogP contribution in [0.25, 0.3) is 5.65 Å². The van der Waals surface area contributed by atoms with Crippen LogP contribution < -0.4 is 0 Å². The van der Waals surface area contributed by atoms with Crippen molar-refractivity contribution < 1.29 is 9.00 Å². The number of carbonyl (C=O) groups excluding carboxylic acids is 1. The van der Waals surface area contributed by atoms with Crippen molar-refractivity contribution in [1.82, 2.24) is 14.3 Å². The summed E-state index contributed by atoms with van der Waals surface area (Å²) in [6.07, 6.45) is 6.18. The standard InChI is InChI=1S/C15H19N3O2S/c1-3-13-10-18(8-11(2)21(13)20)15(19)12-4-5-14-16-6-7-17(14)9-12/h4-7,9,11,13H,3,8,10H2,1-2H3. The van der Waals surface area contributed by atoms with E-state index in [4.69, 9.17) is 0 Å². The lowest BCUT2D eigenvalue weighted by Gasteiger charge is -2.35. The van der Waals surface area contributed by atoms with Gasteiger partial charge in [0.2, 0.25) is 0 Å². The number of nitrogens with zero attached hydrogens (tertiary/aromatic N) is 3. The van der Waals surface area contributed by atoms with Crippen molar-refractivity contribution in [2.45, 2.75) is 30.8 Å². The number of fused-ring (bicyclic) bond motifs is 1. The monoisotopic (exact) mass is 305 g/mol. The smallest absolute Gasteiger partial charge is 0.255 e. The van der Waals surface area contributed by atoms with Gasteiger partial charge in [-0.05, 0) is 25.5 Å². The maximum Gasteiger partial charge on any atom is 0.255 e. The van der Waals surface area contributed by atoms with Gasteiger partial charge in [-0.3, -0.25) is 9.00 Å². The first-order chi connectivity index (χ1) is 10.1. The van der Waals surface area contributed by atoms with Gasteiger partial charge in [0, 0.05) is 47.7 Å². The molecule has 0 aliphatic carbocycles. The highest BCUT2D eigenvalue weighted by Gasteiger charge is 2.33. The van der Waals surface area contributed by atoms with E-state index in [9.17, 15) is 9.00 Å². The number of rotatable bonds is 2. The van der Waals surface area contributed by atoms with E-state index in [1.165, 1.54) is 0 Å². The molecule has 3 heterocycles. The van der Waals surface area contributed by atoms with Crippen LogP contribution in [0.1, 0.15) is 30.6 Å². The molecule has 0 aromatic carbocycles. The molecule has 0 bridgehead atoms. The van der Waals surface area contributed by atoms with E-state index in [-0.39, 0.29) is 16.4 Å². The zero-order valence-electron chi connectivity index (χ0n) is 12.2. The third-order valence-corrected chi connectivity index (χ3v) is 6.09. The quantitative estimate of drug-likeness (QED) is 0.848. The van der Waals surface area contributed by atoms with Crippen molar-refractivity contribution in [3.8, 4) is 0 Å². The summed E-state index contributed by atoms with van der Waals surface area (Å²) in [5, 5.41) is 0.110. The summed E-state index contributed by atoms with van der Waals surface area (Å²) >= 11 is 0. The summed E-state index contributed by atoms with van der Waals surface area (Å²) in [5.41, 5.74) is 1.47. The summed E-state index contributed by atoms with van der Waals surface area (Å²) < 4.78 is 14.0. The molecule has 1 amide bonds. The molecule has 21 heavy (non-hydrogen) atoms. The molecule has 3 atom stereocenters. The average molecular weight is 305 g/mol. The number of hydrogen-bond acceptors (Lipinski definition) is 3. The minimum absolute atomic E-state index is 0.00704. The summed E-state index contributed by atoms with van der Waals surface area (Å²) in [6, 6.07) is 3.65. The third-order valence-electron chi connectivity index (χ3n) is 4.00. The van der Waals surface area contributed by atoms with Crippen LogP contribution >= 0.6 is 0 Å². The molecule has 1 saturated heterocycles. The molecule has 0 spiro atoms. The van der Waals surface area contributed by atoms with Gasteiger partial charge in [0.05, 0.1) is 10.8 Å². The van der Waals surface area contributed by atoms with Gasteiger partial charge < -0.3 is 9.30 Å². The first kappa shape index (κ1) is 14.3. The zero-order valence-corrected chi connectivity index (χ0v) is 13.0. The van der Waals surface area contributed by atoms with Gasteiger partial charge in [-0.2, -0.15) is 0 Å². The van der Waals surface area contributed by atoms with Gasteiger partial charge in [0.25, 0.3) is 5.91 Å². The highest BCUT2D eigenvalue weighted by molar-refractivity contribution is 7.86. The molecule has 3 unspecified atom stereocenters. The molecule has 2 aromatic heterocycles. The SMILES string of the molecule is CCC1CN(C(=O)c2ccc3nccn3c2)CC(C)S1=O. The minimum atomic E-state index is -0.841. The van der Waals surface area contributed by atoms with Gasteiger partial charge >= 0.3 is 0 Å². The predicted octanol–water partition coefficient (Wildman–Crippen LogP) is 1.71. The van der Waals surface area contributed by atoms with E-state index in [1.807, 2.05) is 47.7 Å². The Morgan fingerprint density at radius 1 is 1.43 bits per heavy atom. The van der Waals surface area contributed by atoms with E-state index in [0.717, 1.165) is 12.1 Å². The summed E-state index contributed by atoms with van der Waals surface area (Å²) in [6.45, 7) is 5.12. The van der Waals surface area contributed by atoms with Crippen LogP contribution in [0, 0.1) is 0 Å².